The quantitative estimate of drug-likeness (QED) is 0.787. The summed E-state index contributed by atoms with van der Waals surface area (Å²) >= 11 is 5.90. The minimum Gasteiger partial charge on any atom is -0.376 e. The Hall–Kier alpha value is -2.40. The van der Waals surface area contributed by atoms with Crippen molar-refractivity contribution in [3.05, 3.63) is 65.3 Å². The van der Waals surface area contributed by atoms with Gasteiger partial charge in [0.2, 0.25) is 11.7 Å². The van der Waals surface area contributed by atoms with Crippen LogP contribution in [0.2, 0.25) is 5.02 Å². The number of hydrogen-bond donors (Lipinski definition) is 1. The van der Waals surface area contributed by atoms with E-state index in [2.05, 4.69) is 15.5 Å². The van der Waals surface area contributed by atoms with E-state index >= 15 is 0 Å². The minimum atomic E-state index is -0.337. The smallest absolute Gasteiger partial charge is 0.246 e. The van der Waals surface area contributed by atoms with Gasteiger partial charge < -0.3 is 9.84 Å². The molecule has 4 nitrogen and oxygen atoms in total. The summed E-state index contributed by atoms with van der Waals surface area (Å²) in [5, 5.41) is 7.61. The number of anilines is 1. The van der Waals surface area contributed by atoms with E-state index in [1.807, 2.05) is 12.1 Å². The summed E-state index contributed by atoms with van der Waals surface area (Å²) in [7, 11) is 0. The lowest BCUT2D eigenvalue weighted by Gasteiger charge is -2.02. The maximum atomic E-state index is 13.2. The van der Waals surface area contributed by atoms with Crippen molar-refractivity contribution < 1.29 is 8.91 Å². The van der Waals surface area contributed by atoms with Gasteiger partial charge in [0.15, 0.2) is 0 Å². The fraction of sp³-hybridized carbons (Fsp3) is 0.0667. The molecule has 0 fully saturated rings. The number of nitrogens with zero attached hydrogens (tertiary/aromatic N) is 2. The molecule has 21 heavy (non-hydrogen) atoms. The molecule has 0 radical (unpaired) electrons. The normalized spacial score (nSPS) is 10.6. The van der Waals surface area contributed by atoms with Crippen molar-refractivity contribution in [3.8, 4) is 11.4 Å². The van der Waals surface area contributed by atoms with Crippen molar-refractivity contribution in [3.63, 3.8) is 0 Å². The molecule has 0 spiro atoms. The maximum Gasteiger partial charge on any atom is 0.246 e. The molecule has 3 rings (SSSR count). The lowest BCUT2D eigenvalue weighted by atomic mass is 10.2. The Morgan fingerprint density at radius 2 is 2.00 bits per heavy atom. The molecule has 0 amide bonds. The molecule has 0 aliphatic heterocycles. The molecule has 6 heteroatoms. The molecule has 1 heterocycles. The van der Waals surface area contributed by atoms with Gasteiger partial charge >= 0.3 is 0 Å². The largest absolute Gasteiger partial charge is 0.376 e. The van der Waals surface area contributed by atoms with Crippen molar-refractivity contribution in [2.24, 2.45) is 0 Å². The fourth-order valence-corrected chi connectivity index (χ4v) is 2.04. The first-order valence-corrected chi connectivity index (χ1v) is 6.66. The zero-order valence-electron chi connectivity index (χ0n) is 10.9. The molecule has 0 saturated heterocycles. The number of halogens is 2. The van der Waals surface area contributed by atoms with Crippen LogP contribution in [0.3, 0.4) is 0 Å². The number of rotatable bonds is 4. The zero-order chi connectivity index (χ0) is 14.7. The molecule has 3 aromatic rings. The van der Waals surface area contributed by atoms with Crippen LogP contribution in [0.1, 0.15) is 5.89 Å². The zero-order valence-corrected chi connectivity index (χ0v) is 11.6. The average molecular weight is 304 g/mol. The highest BCUT2D eigenvalue weighted by atomic mass is 35.5. The van der Waals surface area contributed by atoms with Gasteiger partial charge in [-0.05, 0) is 30.3 Å². The molecule has 106 valence electrons. The first kappa shape index (κ1) is 13.6. The predicted molar refractivity (Wildman–Crippen MR) is 78.5 cm³/mol. The number of nitrogens with one attached hydrogen (secondary N) is 1. The van der Waals surface area contributed by atoms with Crippen LogP contribution in [0.5, 0.6) is 0 Å². The third kappa shape index (κ3) is 3.38. The highest BCUT2D eigenvalue weighted by Gasteiger charge is 2.09. The van der Waals surface area contributed by atoms with Gasteiger partial charge in [0.25, 0.3) is 0 Å². The lowest BCUT2D eigenvalue weighted by Crippen LogP contribution is -1.99. The van der Waals surface area contributed by atoms with Crippen molar-refractivity contribution in [1.29, 1.82) is 0 Å². The summed E-state index contributed by atoms with van der Waals surface area (Å²) < 4.78 is 18.3. The van der Waals surface area contributed by atoms with E-state index in [-0.39, 0.29) is 5.82 Å². The lowest BCUT2D eigenvalue weighted by molar-refractivity contribution is 0.384. The van der Waals surface area contributed by atoms with E-state index in [1.165, 1.54) is 12.1 Å². The standard InChI is InChI=1S/C15H11ClFN3O/c16-11-4-2-6-13(8-11)18-9-14-19-15(20-21-14)10-3-1-5-12(17)7-10/h1-8,18H,9H2. The number of hydrogen-bond acceptors (Lipinski definition) is 4. The van der Waals surface area contributed by atoms with Crippen LogP contribution in [0, 0.1) is 5.82 Å². The predicted octanol–water partition coefficient (Wildman–Crippen LogP) is 4.14. The average Bonchev–Trinajstić information content (AvgIpc) is 2.94. The van der Waals surface area contributed by atoms with Crippen LogP contribution in [-0.2, 0) is 6.54 Å². The van der Waals surface area contributed by atoms with Crippen LogP contribution in [0.4, 0.5) is 10.1 Å². The summed E-state index contributed by atoms with van der Waals surface area (Å²) in [6.45, 7) is 0.364. The third-order valence-corrected chi connectivity index (χ3v) is 3.05. The minimum absolute atomic E-state index is 0.337. The van der Waals surface area contributed by atoms with Gasteiger partial charge in [-0.25, -0.2) is 4.39 Å². The number of benzene rings is 2. The first-order valence-electron chi connectivity index (χ1n) is 6.29. The van der Waals surface area contributed by atoms with Crippen LogP contribution in [0.15, 0.2) is 53.1 Å². The Kier molecular flexibility index (Phi) is 3.83. The highest BCUT2D eigenvalue weighted by Crippen LogP contribution is 2.18. The highest BCUT2D eigenvalue weighted by molar-refractivity contribution is 6.30. The molecule has 0 saturated carbocycles. The van der Waals surface area contributed by atoms with Crippen LogP contribution < -0.4 is 5.32 Å². The summed E-state index contributed by atoms with van der Waals surface area (Å²) in [5.41, 5.74) is 1.43. The van der Waals surface area contributed by atoms with E-state index < -0.39 is 0 Å². The van der Waals surface area contributed by atoms with Crippen LogP contribution in [-0.4, -0.2) is 10.1 Å². The summed E-state index contributed by atoms with van der Waals surface area (Å²) in [6.07, 6.45) is 0. The molecule has 0 aliphatic rings. The molecule has 0 unspecified atom stereocenters. The molecule has 2 aromatic carbocycles. The SMILES string of the molecule is Fc1cccc(-c2noc(CNc3cccc(Cl)c3)n2)c1. The van der Waals surface area contributed by atoms with Gasteiger partial charge in [0.1, 0.15) is 5.82 Å². The van der Waals surface area contributed by atoms with Crippen LogP contribution in [0.25, 0.3) is 11.4 Å². The molecular weight excluding hydrogens is 293 g/mol. The van der Waals surface area contributed by atoms with E-state index in [0.29, 0.717) is 28.8 Å². The second-order valence-electron chi connectivity index (χ2n) is 4.39. The van der Waals surface area contributed by atoms with Gasteiger partial charge in [-0.1, -0.05) is 35.0 Å². The Balaban J connectivity index is 1.71. The maximum absolute atomic E-state index is 13.2. The topological polar surface area (TPSA) is 51.0 Å². The first-order chi connectivity index (χ1) is 10.2. The van der Waals surface area contributed by atoms with Crippen molar-refractivity contribution in [1.82, 2.24) is 10.1 Å². The molecule has 0 bridgehead atoms. The molecule has 1 aromatic heterocycles. The van der Waals surface area contributed by atoms with Gasteiger partial charge in [-0.2, -0.15) is 4.98 Å². The van der Waals surface area contributed by atoms with E-state index in [1.54, 1.807) is 24.3 Å². The monoisotopic (exact) mass is 303 g/mol. The van der Waals surface area contributed by atoms with E-state index in [0.717, 1.165) is 5.69 Å². The summed E-state index contributed by atoms with van der Waals surface area (Å²) in [6, 6.07) is 13.4. The van der Waals surface area contributed by atoms with Crippen LogP contribution >= 0.6 is 11.6 Å². The second-order valence-corrected chi connectivity index (χ2v) is 4.82. The Labute approximate surface area is 125 Å². The Morgan fingerprint density at radius 1 is 1.14 bits per heavy atom. The summed E-state index contributed by atoms with van der Waals surface area (Å²) in [5.74, 6) is 0.433. The van der Waals surface area contributed by atoms with E-state index in [9.17, 15) is 4.39 Å². The van der Waals surface area contributed by atoms with Gasteiger partial charge in [-0.3, -0.25) is 0 Å². The fourth-order valence-electron chi connectivity index (χ4n) is 1.85. The number of aromatic nitrogens is 2. The second kappa shape index (κ2) is 5.93. The van der Waals surface area contributed by atoms with Crippen molar-refractivity contribution >= 4 is 17.3 Å². The Morgan fingerprint density at radius 3 is 2.81 bits per heavy atom. The van der Waals surface area contributed by atoms with Gasteiger partial charge in [0.05, 0.1) is 6.54 Å². The molecular formula is C15H11ClFN3O. The third-order valence-electron chi connectivity index (χ3n) is 2.82. The molecule has 0 atom stereocenters. The van der Waals surface area contributed by atoms with Crippen molar-refractivity contribution in [2.45, 2.75) is 6.54 Å². The Bertz CT molecular complexity index is 760. The van der Waals surface area contributed by atoms with E-state index in [4.69, 9.17) is 16.1 Å². The van der Waals surface area contributed by atoms with Gasteiger partial charge in [-0.15, -0.1) is 0 Å². The van der Waals surface area contributed by atoms with Crippen molar-refractivity contribution in [2.75, 3.05) is 5.32 Å². The molecule has 1 N–H and O–H groups in total. The van der Waals surface area contributed by atoms with Gasteiger partial charge in [0, 0.05) is 16.3 Å². The molecule has 0 aliphatic carbocycles. The summed E-state index contributed by atoms with van der Waals surface area (Å²) in [4.78, 5) is 4.22.